The summed E-state index contributed by atoms with van der Waals surface area (Å²) in [6.45, 7) is 4.04. The molecule has 1 N–H and O–H groups in total. The van der Waals surface area contributed by atoms with Gasteiger partial charge in [0.25, 0.3) is 0 Å². The van der Waals surface area contributed by atoms with Crippen molar-refractivity contribution in [2.24, 2.45) is 0 Å². The standard InChI is InChI=1S/C13H14N4O/c1-3-9(2)18-13-11-10(5-4-6-14)7-15-12(11)16-8-17-13/h4-5,7-9H,3H2,1-2H3,(H,15,16,17)/b5-4+. The molecule has 0 fully saturated rings. The fourth-order valence-corrected chi connectivity index (χ4v) is 1.58. The number of rotatable bonds is 4. The van der Waals surface area contributed by atoms with Crippen LogP contribution in [0.2, 0.25) is 0 Å². The summed E-state index contributed by atoms with van der Waals surface area (Å²) < 4.78 is 5.77. The first-order valence-electron chi connectivity index (χ1n) is 5.81. The molecule has 1 unspecified atom stereocenters. The summed E-state index contributed by atoms with van der Waals surface area (Å²) in [7, 11) is 0. The number of ether oxygens (including phenoxy) is 1. The zero-order valence-electron chi connectivity index (χ0n) is 10.3. The van der Waals surface area contributed by atoms with Crippen molar-refractivity contribution in [3.63, 3.8) is 0 Å². The fourth-order valence-electron chi connectivity index (χ4n) is 1.58. The van der Waals surface area contributed by atoms with Crippen molar-refractivity contribution in [3.8, 4) is 11.9 Å². The molecular formula is C13H14N4O. The lowest BCUT2D eigenvalue weighted by Gasteiger charge is -2.12. The Kier molecular flexibility index (Phi) is 3.58. The van der Waals surface area contributed by atoms with E-state index in [4.69, 9.17) is 10.00 Å². The van der Waals surface area contributed by atoms with Gasteiger partial charge < -0.3 is 9.72 Å². The molecule has 2 aromatic rings. The third-order valence-corrected chi connectivity index (χ3v) is 2.69. The Morgan fingerprint density at radius 2 is 2.39 bits per heavy atom. The van der Waals surface area contributed by atoms with Gasteiger partial charge in [0, 0.05) is 17.8 Å². The first kappa shape index (κ1) is 12.1. The van der Waals surface area contributed by atoms with E-state index >= 15 is 0 Å². The smallest absolute Gasteiger partial charge is 0.226 e. The molecule has 0 aliphatic rings. The number of fused-ring (bicyclic) bond motifs is 1. The molecule has 5 nitrogen and oxygen atoms in total. The molecule has 0 radical (unpaired) electrons. The minimum atomic E-state index is 0.0887. The average molecular weight is 242 g/mol. The van der Waals surface area contributed by atoms with Crippen molar-refractivity contribution in [1.82, 2.24) is 15.0 Å². The van der Waals surface area contributed by atoms with E-state index < -0.39 is 0 Å². The molecule has 1 atom stereocenters. The highest BCUT2D eigenvalue weighted by Crippen LogP contribution is 2.27. The van der Waals surface area contributed by atoms with E-state index in [9.17, 15) is 0 Å². The van der Waals surface area contributed by atoms with Gasteiger partial charge in [0.15, 0.2) is 0 Å². The van der Waals surface area contributed by atoms with Gasteiger partial charge in [0.1, 0.15) is 12.0 Å². The lowest BCUT2D eigenvalue weighted by atomic mass is 10.2. The second-order valence-electron chi connectivity index (χ2n) is 3.95. The zero-order chi connectivity index (χ0) is 13.0. The number of H-pyrrole nitrogens is 1. The van der Waals surface area contributed by atoms with E-state index in [1.165, 1.54) is 12.4 Å². The molecule has 0 aromatic carbocycles. The minimum absolute atomic E-state index is 0.0887. The number of nitrogens with one attached hydrogen (secondary N) is 1. The highest BCUT2D eigenvalue weighted by atomic mass is 16.5. The Balaban J connectivity index is 2.49. The van der Waals surface area contributed by atoms with Gasteiger partial charge in [-0.05, 0) is 19.4 Å². The normalized spacial score (nSPS) is 12.7. The van der Waals surface area contributed by atoms with E-state index in [2.05, 4.69) is 21.9 Å². The van der Waals surface area contributed by atoms with Gasteiger partial charge in [-0.25, -0.2) is 9.97 Å². The highest BCUT2D eigenvalue weighted by molar-refractivity contribution is 5.90. The third-order valence-electron chi connectivity index (χ3n) is 2.69. The predicted molar refractivity (Wildman–Crippen MR) is 68.9 cm³/mol. The van der Waals surface area contributed by atoms with Gasteiger partial charge >= 0.3 is 0 Å². The monoisotopic (exact) mass is 242 g/mol. The Morgan fingerprint density at radius 1 is 1.56 bits per heavy atom. The van der Waals surface area contributed by atoms with Crippen LogP contribution >= 0.6 is 0 Å². The molecule has 0 bridgehead atoms. The maximum Gasteiger partial charge on any atom is 0.226 e. The molecular weight excluding hydrogens is 228 g/mol. The molecule has 0 saturated carbocycles. The molecule has 0 aliphatic carbocycles. The Hall–Kier alpha value is -2.35. The van der Waals surface area contributed by atoms with Crippen molar-refractivity contribution in [3.05, 3.63) is 24.2 Å². The van der Waals surface area contributed by atoms with Crippen LogP contribution in [0, 0.1) is 11.3 Å². The molecule has 2 aromatic heterocycles. The van der Waals surface area contributed by atoms with Crippen LogP contribution in [0.4, 0.5) is 0 Å². The van der Waals surface area contributed by atoms with Crippen LogP contribution in [0.1, 0.15) is 25.8 Å². The summed E-state index contributed by atoms with van der Waals surface area (Å²) in [5, 5.41) is 9.39. The second kappa shape index (κ2) is 5.32. The van der Waals surface area contributed by atoms with Crippen LogP contribution in [0.3, 0.4) is 0 Å². The third kappa shape index (κ3) is 2.33. The van der Waals surface area contributed by atoms with Crippen LogP contribution in [0.25, 0.3) is 17.1 Å². The summed E-state index contributed by atoms with van der Waals surface area (Å²) >= 11 is 0. The summed E-state index contributed by atoms with van der Waals surface area (Å²) in [6.07, 6.45) is 7.38. The molecule has 0 spiro atoms. The largest absolute Gasteiger partial charge is 0.474 e. The van der Waals surface area contributed by atoms with Crippen LogP contribution < -0.4 is 4.74 Å². The average Bonchev–Trinajstić information content (AvgIpc) is 2.80. The van der Waals surface area contributed by atoms with Crippen molar-refractivity contribution >= 4 is 17.1 Å². The first-order valence-corrected chi connectivity index (χ1v) is 5.81. The van der Waals surface area contributed by atoms with Crippen LogP contribution in [0.5, 0.6) is 5.88 Å². The van der Waals surface area contributed by atoms with E-state index in [-0.39, 0.29) is 6.10 Å². The van der Waals surface area contributed by atoms with E-state index in [1.807, 2.05) is 13.0 Å². The highest BCUT2D eigenvalue weighted by Gasteiger charge is 2.12. The fraction of sp³-hybridized carbons (Fsp3) is 0.308. The summed E-state index contributed by atoms with van der Waals surface area (Å²) in [6, 6.07) is 1.97. The Labute approximate surface area is 105 Å². The topological polar surface area (TPSA) is 74.6 Å². The number of allylic oxidation sites excluding steroid dienone is 1. The number of aromatic nitrogens is 3. The molecule has 0 amide bonds. The number of nitrogens with zero attached hydrogens (tertiary/aromatic N) is 3. The summed E-state index contributed by atoms with van der Waals surface area (Å²) in [5.74, 6) is 0.549. The van der Waals surface area contributed by atoms with Gasteiger partial charge in [-0.1, -0.05) is 6.92 Å². The molecule has 18 heavy (non-hydrogen) atoms. The van der Waals surface area contributed by atoms with Crippen molar-refractivity contribution in [2.75, 3.05) is 0 Å². The van der Waals surface area contributed by atoms with Crippen LogP contribution in [0.15, 0.2) is 18.6 Å². The van der Waals surface area contributed by atoms with Crippen LogP contribution in [-0.2, 0) is 0 Å². The number of hydrogen-bond acceptors (Lipinski definition) is 4. The second-order valence-corrected chi connectivity index (χ2v) is 3.95. The van der Waals surface area contributed by atoms with E-state index in [0.29, 0.717) is 11.5 Å². The lowest BCUT2D eigenvalue weighted by molar-refractivity contribution is 0.211. The van der Waals surface area contributed by atoms with Gasteiger partial charge in [-0.2, -0.15) is 5.26 Å². The Bertz CT molecular complexity index is 609. The first-order chi connectivity index (χ1) is 8.76. The minimum Gasteiger partial charge on any atom is -0.474 e. The van der Waals surface area contributed by atoms with Gasteiger partial charge in [0.2, 0.25) is 5.88 Å². The van der Waals surface area contributed by atoms with Crippen molar-refractivity contribution in [2.45, 2.75) is 26.4 Å². The Morgan fingerprint density at radius 3 is 3.11 bits per heavy atom. The molecule has 92 valence electrons. The maximum absolute atomic E-state index is 8.58. The molecule has 0 saturated heterocycles. The quantitative estimate of drug-likeness (QED) is 0.836. The van der Waals surface area contributed by atoms with E-state index in [0.717, 1.165) is 17.4 Å². The summed E-state index contributed by atoms with van der Waals surface area (Å²) in [4.78, 5) is 11.3. The number of nitriles is 1. The maximum atomic E-state index is 8.58. The molecule has 0 aliphatic heterocycles. The van der Waals surface area contributed by atoms with Gasteiger partial charge in [-0.15, -0.1) is 0 Å². The zero-order valence-corrected chi connectivity index (χ0v) is 10.3. The van der Waals surface area contributed by atoms with Crippen LogP contribution in [-0.4, -0.2) is 21.1 Å². The summed E-state index contributed by atoms with van der Waals surface area (Å²) in [5.41, 5.74) is 1.56. The number of hydrogen-bond donors (Lipinski definition) is 1. The predicted octanol–water partition coefficient (Wildman–Crippen LogP) is 2.67. The molecule has 5 heteroatoms. The van der Waals surface area contributed by atoms with Crippen molar-refractivity contribution in [1.29, 1.82) is 5.26 Å². The lowest BCUT2D eigenvalue weighted by Crippen LogP contribution is -2.11. The van der Waals surface area contributed by atoms with Gasteiger partial charge in [0.05, 0.1) is 17.6 Å². The number of aromatic amines is 1. The van der Waals surface area contributed by atoms with E-state index in [1.54, 1.807) is 12.3 Å². The van der Waals surface area contributed by atoms with Crippen molar-refractivity contribution < 1.29 is 4.74 Å². The molecule has 2 rings (SSSR count). The van der Waals surface area contributed by atoms with Gasteiger partial charge in [-0.3, -0.25) is 0 Å². The SMILES string of the molecule is CCC(C)Oc1ncnc2[nH]cc(/C=C/C#N)c12. The molecule has 2 heterocycles.